The van der Waals surface area contributed by atoms with Crippen LogP contribution in [0.4, 0.5) is 0 Å². The fraction of sp³-hybridized carbons (Fsp3) is 0.0455. The van der Waals surface area contributed by atoms with Crippen molar-refractivity contribution in [1.82, 2.24) is 5.43 Å². The van der Waals surface area contributed by atoms with Crippen molar-refractivity contribution in [3.63, 3.8) is 0 Å². The molecule has 0 bridgehead atoms. The molecule has 0 radical (unpaired) electrons. The number of nitrogens with zero attached hydrogens (tertiary/aromatic N) is 1. The van der Waals surface area contributed by atoms with E-state index in [4.69, 9.17) is 32.7 Å². The van der Waals surface area contributed by atoms with Crippen molar-refractivity contribution in [2.45, 2.75) is 0 Å². The van der Waals surface area contributed by atoms with Crippen molar-refractivity contribution in [3.8, 4) is 11.5 Å². The highest BCUT2D eigenvalue weighted by atomic mass is 35.5. The summed E-state index contributed by atoms with van der Waals surface area (Å²) in [4.78, 5) is 23.9. The number of esters is 1. The third kappa shape index (κ3) is 6.62. The number of ether oxygens (including phenoxy) is 2. The molecule has 0 saturated carbocycles. The lowest BCUT2D eigenvalue weighted by Gasteiger charge is -2.05. The van der Waals surface area contributed by atoms with Gasteiger partial charge in [0.05, 0.1) is 11.8 Å². The van der Waals surface area contributed by atoms with Crippen LogP contribution in [0.3, 0.4) is 0 Å². The van der Waals surface area contributed by atoms with E-state index in [1.807, 2.05) is 0 Å². The van der Waals surface area contributed by atoms with Gasteiger partial charge < -0.3 is 9.47 Å². The van der Waals surface area contributed by atoms with Crippen LogP contribution in [0, 0.1) is 0 Å². The number of carbonyl (C=O) groups is 2. The first-order valence-electron chi connectivity index (χ1n) is 8.78. The zero-order chi connectivity index (χ0) is 21.3. The van der Waals surface area contributed by atoms with Crippen molar-refractivity contribution < 1.29 is 19.1 Å². The molecule has 3 aromatic carbocycles. The average Bonchev–Trinajstić information content (AvgIpc) is 2.73. The lowest BCUT2D eigenvalue weighted by Crippen LogP contribution is -2.24. The van der Waals surface area contributed by atoms with E-state index in [9.17, 15) is 9.59 Å². The number of halogens is 2. The van der Waals surface area contributed by atoms with E-state index < -0.39 is 11.9 Å². The molecule has 0 unspecified atom stereocenters. The van der Waals surface area contributed by atoms with Crippen molar-refractivity contribution in [2.24, 2.45) is 5.10 Å². The summed E-state index contributed by atoms with van der Waals surface area (Å²) in [6.07, 6.45) is 1.46. The van der Waals surface area contributed by atoms with E-state index in [-0.39, 0.29) is 6.61 Å². The van der Waals surface area contributed by atoms with Crippen LogP contribution < -0.4 is 14.9 Å². The second-order valence-electron chi connectivity index (χ2n) is 6.01. The minimum absolute atomic E-state index is 0.198. The summed E-state index contributed by atoms with van der Waals surface area (Å²) in [7, 11) is 0. The number of rotatable bonds is 7. The summed E-state index contributed by atoms with van der Waals surface area (Å²) in [5.41, 5.74) is 3.42. The molecule has 0 aromatic heterocycles. The molecule has 0 atom stereocenters. The monoisotopic (exact) mass is 442 g/mol. The van der Waals surface area contributed by atoms with Gasteiger partial charge in [-0.2, -0.15) is 5.10 Å². The molecule has 30 heavy (non-hydrogen) atoms. The lowest BCUT2D eigenvalue weighted by molar-refractivity contribution is -0.123. The zero-order valence-corrected chi connectivity index (χ0v) is 17.1. The van der Waals surface area contributed by atoms with E-state index in [0.717, 1.165) is 0 Å². The number of hydrazone groups is 1. The molecule has 3 rings (SSSR count). The van der Waals surface area contributed by atoms with Crippen LogP contribution in [0.25, 0.3) is 0 Å². The minimum Gasteiger partial charge on any atom is -0.484 e. The largest absolute Gasteiger partial charge is 0.484 e. The Balaban J connectivity index is 1.47. The maximum Gasteiger partial charge on any atom is 0.343 e. The van der Waals surface area contributed by atoms with Gasteiger partial charge in [-0.15, -0.1) is 0 Å². The maximum absolute atomic E-state index is 12.1. The molecule has 0 saturated heterocycles. The van der Waals surface area contributed by atoms with E-state index in [1.54, 1.807) is 66.7 Å². The predicted octanol–water partition coefficient (Wildman–Crippen LogP) is 4.74. The Morgan fingerprint density at radius 1 is 0.900 bits per heavy atom. The molecule has 0 spiro atoms. The number of hydrogen-bond donors (Lipinski definition) is 1. The van der Waals surface area contributed by atoms with Gasteiger partial charge in [-0.05, 0) is 66.2 Å². The summed E-state index contributed by atoms with van der Waals surface area (Å²) >= 11 is 11.7. The molecule has 0 heterocycles. The minimum atomic E-state index is -0.508. The highest BCUT2D eigenvalue weighted by Crippen LogP contribution is 2.17. The van der Waals surface area contributed by atoms with Crippen molar-refractivity contribution in [3.05, 3.63) is 94.0 Å². The first-order valence-corrected chi connectivity index (χ1v) is 9.53. The van der Waals surface area contributed by atoms with Gasteiger partial charge in [0.1, 0.15) is 11.5 Å². The standard InChI is InChI=1S/C22H16Cl2N2O4/c23-17-4-1-3-16(11-17)22(28)30-19-9-7-15(8-10-19)13-25-26-21(27)14-29-20-6-2-5-18(24)12-20/h1-13H,14H2,(H,26,27)/b25-13-. The third-order valence-corrected chi connectivity index (χ3v) is 4.19. The Morgan fingerprint density at radius 2 is 1.60 bits per heavy atom. The van der Waals surface area contributed by atoms with Gasteiger partial charge in [-0.3, -0.25) is 4.79 Å². The Kier molecular flexibility index (Phi) is 7.43. The summed E-state index contributed by atoms with van der Waals surface area (Å²) in [5.74, 6) is -0.0650. The van der Waals surface area contributed by atoms with Crippen molar-refractivity contribution in [1.29, 1.82) is 0 Å². The second kappa shape index (κ2) is 10.4. The van der Waals surface area contributed by atoms with Gasteiger partial charge in [0.15, 0.2) is 6.61 Å². The molecule has 0 aliphatic carbocycles. The molecular formula is C22H16Cl2N2O4. The van der Waals surface area contributed by atoms with Crippen LogP contribution in [0.15, 0.2) is 77.9 Å². The van der Waals surface area contributed by atoms with Crippen molar-refractivity contribution >= 4 is 41.3 Å². The fourth-order valence-corrected chi connectivity index (χ4v) is 2.69. The van der Waals surface area contributed by atoms with Crippen LogP contribution in [0.5, 0.6) is 11.5 Å². The Hall–Kier alpha value is -3.35. The van der Waals surface area contributed by atoms with E-state index in [2.05, 4.69) is 10.5 Å². The molecule has 0 aliphatic rings. The van der Waals surface area contributed by atoms with Crippen LogP contribution in [-0.2, 0) is 4.79 Å². The van der Waals surface area contributed by atoms with Gasteiger partial charge in [-0.1, -0.05) is 35.3 Å². The van der Waals surface area contributed by atoms with Crippen LogP contribution in [-0.4, -0.2) is 24.7 Å². The molecule has 8 heteroatoms. The highest BCUT2D eigenvalue weighted by Gasteiger charge is 2.09. The molecule has 0 fully saturated rings. The van der Waals surface area contributed by atoms with E-state index >= 15 is 0 Å². The molecule has 3 aromatic rings. The Labute approximate surface area is 183 Å². The Morgan fingerprint density at radius 3 is 2.30 bits per heavy atom. The molecular weight excluding hydrogens is 427 g/mol. The number of nitrogens with one attached hydrogen (secondary N) is 1. The van der Waals surface area contributed by atoms with Gasteiger partial charge in [0.25, 0.3) is 5.91 Å². The number of benzene rings is 3. The van der Waals surface area contributed by atoms with Gasteiger partial charge in [0, 0.05) is 10.0 Å². The molecule has 6 nitrogen and oxygen atoms in total. The predicted molar refractivity (Wildman–Crippen MR) is 116 cm³/mol. The van der Waals surface area contributed by atoms with Gasteiger partial charge in [0.2, 0.25) is 0 Å². The van der Waals surface area contributed by atoms with Crippen molar-refractivity contribution in [2.75, 3.05) is 6.61 Å². The lowest BCUT2D eigenvalue weighted by atomic mass is 10.2. The number of carbonyl (C=O) groups excluding carboxylic acids is 2. The highest BCUT2D eigenvalue weighted by molar-refractivity contribution is 6.31. The summed E-state index contributed by atoms with van der Waals surface area (Å²) in [5, 5.41) is 4.84. The van der Waals surface area contributed by atoms with E-state index in [1.165, 1.54) is 12.3 Å². The van der Waals surface area contributed by atoms with Crippen LogP contribution in [0.1, 0.15) is 15.9 Å². The maximum atomic E-state index is 12.1. The SMILES string of the molecule is O=C(COc1cccc(Cl)c1)N/N=C\c1ccc(OC(=O)c2cccc(Cl)c2)cc1. The summed E-state index contributed by atoms with van der Waals surface area (Å²) < 4.78 is 10.6. The Bertz CT molecular complexity index is 1070. The zero-order valence-electron chi connectivity index (χ0n) is 15.5. The topological polar surface area (TPSA) is 77.0 Å². The first-order chi connectivity index (χ1) is 14.5. The summed E-state index contributed by atoms with van der Waals surface area (Å²) in [6.45, 7) is -0.198. The third-order valence-electron chi connectivity index (χ3n) is 3.72. The smallest absolute Gasteiger partial charge is 0.343 e. The number of hydrogen-bond acceptors (Lipinski definition) is 5. The molecule has 1 N–H and O–H groups in total. The number of amides is 1. The van der Waals surface area contributed by atoms with Gasteiger partial charge >= 0.3 is 5.97 Å². The van der Waals surface area contributed by atoms with E-state index in [0.29, 0.717) is 32.7 Å². The molecule has 152 valence electrons. The molecule has 0 aliphatic heterocycles. The average molecular weight is 443 g/mol. The van der Waals surface area contributed by atoms with Crippen LogP contribution in [0.2, 0.25) is 10.0 Å². The first kappa shape index (κ1) is 21.4. The van der Waals surface area contributed by atoms with Crippen LogP contribution >= 0.6 is 23.2 Å². The fourth-order valence-electron chi connectivity index (χ4n) is 2.32. The quantitative estimate of drug-likeness (QED) is 0.248. The second-order valence-corrected chi connectivity index (χ2v) is 6.88. The molecule has 1 amide bonds. The van der Waals surface area contributed by atoms with Gasteiger partial charge in [-0.25, -0.2) is 10.2 Å². The summed E-state index contributed by atoms with van der Waals surface area (Å²) in [6, 6.07) is 19.9. The normalized spacial score (nSPS) is 10.6.